The Balaban J connectivity index is 3.25. The zero-order chi connectivity index (χ0) is 10.9. The van der Waals surface area contributed by atoms with Crippen LogP contribution in [-0.4, -0.2) is 6.10 Å². The number of hydrogen-bond donors (Lipinski definition) is 0. The lowest BCUT2D eigenvalue weighted by Crippen LogP contribution is -2.10. The van der Waals surface area contributed by atoms with Crippen LogP contribution >= 0.6 is 0 Å². The van der Waals surface area contributed by atoms with Crippen LogP contribution in [0.2, 0.25) is 0 Å². The van der Waals surface area contributed by atoms with Crippen molar-refractivity contribution in [3.8, 4) is 5.75 Å². The monoisotopic (exact) mass is 207 g/mol. The van der Waals surface area contributed by atoms with E-state index in [-0.39, 0.29) is 0 Å². The molecule has 0 N–H and O–H groups in total. The zero-order valence-corrected chi connectivity index (χ0v) is 7.50. The minimum atomic E-state index is -1.60. The summed E-state index contributed by atoms with van der Waals surface area (Å²) in [6.45, 7) is 2.96. The van der Waals surface area contributed by atoms with Gasteiger partial charge < -0.3 is 4.74 Å². The lowest BCUT2D eigenvalue weighted by Gasteiger charge is -2.11. The van der Waals surface area contributed by atoms with E-state index >= 15 is 0 Å². The molecule has 0 fully saturated rings. The number of ether oxygens (including phenoxy) is 1. The van der Waals surface area contributed by atoms with E-state index in [4.69, 9.17) is 0 Å². The maximum atomic E-state index is 12.9. The average molecular weight is 207 g/mol. The van der Waals surface area contributed by atoms with Gasteiger partial charge in [-0.25, -0.2) is 8.78 Å². The SMILES string of the molecule is CC(C)Oc1c(F)c(F)[c]c(F)c1F. The normalized spacial score (nSPS) is 10.8. The third kappa shape index (κ3) is 1.97. The highest BCUT2D eigenvalue weighted by Gasteiger charge is 2.21. The first kappa shape index (κ1) is 10.8. The lowest BCUT2D eigenvalue weighted by atomic mass is 10.3. The molecular formula is C9H7F4O. The van der Waals surface area contributed by atoms with Crippen molar-refractivity contribution in [1.82, 2.24) is 0 Å². The van der Waals surface area contributed by atoms with Gasteiger partial charge >= 0.3 is 0 Å². The molecule has 14 heavy (non-hydrogen) atoms. The van der Waals surface area contributed by atoms with Crippen molar-refractivity contribution < 1.29 is 22.3 Å². The van der Waals surface area contributed by atoms with E-state index < -0.39 is 35.1 Å². The molecule has 0 unspecified atom stereocenters. The molecular weight excluding hydrogens is 200 g/mol. The van der Waals surface area contributed by atoms with Crippen molar-refractivity contribution in [3.63, 3.8) is 0 Å². The summed E-state index contributed by atoms with van der Waals surface area (Å²) < 4.78 is 55.4. The first-order chi connectivity index (χ1) is 6.43. The predicted molar refractivity (Wildman–Crippen MR) is 40.9 cm³/mol. The summed E-state index contributed by atoms with van der Waals surface area (Å²) in [6.07, 6.45) is -0.583. The molecule has 1 aromatic carbocycles. The van der Waals surface area contributed by atoms with Gasteiger partial charge in [0.25, 0.3) is 0 Å². The van der Waals surface area contributed by atoms with E-state index in [1.807, 2.05) is 0 Å². The van der Waals surface area contributed by atoms with Crippen LogP contribution in [0.3, 0.4) is 0 Å². The van der Waals surface area contributed by atoms with Crippen LogP contribution in [-0.2, 0) is 0 Å². The molecule has 5 heteroatoms. The fourth-order valence-electron chi connectivity index (χ4n) is 0.841. The molecule has 1 aromatic rings. The van der Waals surface area contributed by atoms with Gasteiger partial charge in [0.2, 0.25) is 11.6 Å². The van der Waals surface area contributed by atoms with Gasteiger partial charge in [0.15, 0.2) is 17.4 Å². The van der Waals surface area contributed by atoms with Crippen LogP contribution in [0.15, 0.2) is 0 Å². The Hall–Kier alpha value is -1.26. The van der Waals surface area contributed by atoms with Crippen molar-refractivity contribution >= 4 is 0 Å². The molecule has 0 aromatic heterocycles. The smallest absolute Gasteiger partial charge is 0.204 e. The molecule has 0 saturated heterocycles. The van der Waals surface area contributed by atoms with Crippen molar-refractivity contribution in [3.05, 3.63) is 29.3 Å². The van der Waals surface area contributed by atoms with Crippen LogP contribution in [0.25, 0.3) is 0 Å². The van der Waals surface area contributed by atoms with Crippen LogP contribution < -0.4 is 4.74 Å². The molecule has 1 rings (SSSR count). The average Bonchev–Trinajstić information content (AvgIpc) is 2.09. The molecule has 77 valence electrons. The van der Waals surface area contributed by atoms with Crippen molar-refractivity contribution in [2.24, 2.45) is 0 Å². The molecule has 1 nitrogen and oxygen atoms in total. The summed E-state index contributed by atoms with van der Waals surface area (Å²) in [6, 6.07) is 1.26. The number of halogens is 4. The Morgan fingerprint density at radius 1 is 1.00 bits per heavy atom. The van der Waals surface area contributed by atoms with Crippen LogP contribution in [0.1, 0.15) is 13.8 Å². The minimum Gasteiger partial charge on any atom is -0.485 e. The summed E-state index contributed by atoms with van der Waals surface area (Å²) in [5, 5.41) is 0. The molecule has 1 radical (unpaired) electrons. The Bertz CT molecular complexity index is 323. The van der Waals surface area contributed by atoms with Gasteiger partial charge in [-0.15, -0.1) is 0 Å². The van der Waals surface area contributed by atoms with Gasteiger partial charge in [0.05, 0.1) is 12.2 Å². The Morgan fingerprint density at radius 3 is 1.79 bits per heavy atom. The van der Waals surface area contributed by atoms with E-state index in [1.165, 1.54) is 19.9 Å². The molecule has 0 aliphatic carbocycles. The Kier molecular flexibility index (Phi) is 2.98. The summed E-state index contributed by atoms with van der Waals surface area (Å²) >= 11 is 0. The van der Waals surface area contributed by atoms with Gasteiger partial charge in [-0.1, -0.05) is 0 Å². The van der Waals surface area contributed by atoms with Gasteiger partial charge in [-0.3, -0.25) is 0 Å². The molecule has 0 spiro atoms. The summed E-state index contributed by atoms with van der Waals surface area (Å²) in [5.74, 6) is -7.39. The highest BCUT2D eigenvalue weighted by atomic mass is 19.2. The second kappa shape index (κ2) is 3.86. The number of hydrogen-bond acceptors (Lipinski definition) is 1. The quantitative estimate of drug-likeness (QED) is 0.535. The van der Waals surface area contributed by atoms with E-state index in [1.54, 1.807) is 0 Å². The number of benzene rings is 1. The largest absolute Gasteiger partial charge is 0.485 e. The summed E-state index contributed by atoms with van der Waals surface area (Å²) in [7, 11) is 0. The minimum absolute atomic E-state index is 0.583. The fourth-order valence-corrected chi connectivity index (χ4v) is 0.841. The van der Waals surface area contributed by atoms with Gasteiger partial charge in [-0.2, -0.15) is 8.78 Å². The van der Waals surface area contributed by atoms with Crippen LogP contribution in [0.4, 0.5) is 17.6 Å². The first-order valence-corrected chi connectivity index (χ1v) is 3.85. The van der Waals surface area contributed by atoms with Crippen molar-refractivity contribution in [2.75, 3.05) is 0 Å². The van der Waals surface area contributed by atoms with Crippen molar-refractivity contribution in [1.29, 1.82) is 0 Å². The maximum Gasteiger partial charge on any atom is 0.204 e. The fraction of sp³-hybridized carbons (Fsp3) is 0.333. The van der Waals surface area contributed by atoms with E-state index in [0.717, 1.165) is 0 Å². The molecule has 0 bridgehead atoms. The third-order valence-electron chi connectivity index (χ3n) is 1.36. The topological polar surface area (TPSA) is 9.23 Å². The van der Waals surface area contributed by atoms with Crippen molar-refractivity contribution in [2.45, 2.75) is 20.0 Å². The lowest BCUT2D eigenvalue weighted by molar-refractivity contribution is 0.212. The van der Waals surface area contributed by atoms with E-state index in [9.17, 15) is 17.6 Å². The highest BCUT2D eigenvalue weighted by molar-refractivity contribution is 5.28. The maximum absolute atomic E-state index is 12.9. The molecule has 0 saturated carbocycles. The molecule has 0 aliphatic rings. The summed E-state index contributed by atoms with van der Waals surface area (Å²) in [4.78, 5) is 0. The zero-order valence-electron chi connectivity index (χ0n) is 7.50. The predicted octanol–water partition coefficient (Wildman–Crippen LogP) is 2.83. The van der Waals surface area contributed by atoms with Gasteiger partial charge in [0, 0.05) is 0 Å². The Labute approximate surface area is 78.3 Å². The van der Waals surface area contributed by atoms with Gasteiger partial charge in [0.1, 0.15) is 0 Å². The summed E-state index contributed by atoms with van der Waals surface area (Å²) in [5.41, 5.74) is 0. The number of rotatable bonds is 2. The second-order valence-corrected chi connectivity index (χ2v) is 2.88. The first-order valence-electron chi connectivity index (χ1n) is 3.85. The molecule has 0 heterocycles. The third-order valence-corrected chi connectivity index (χ3v) is 1.36. The Morgan fingerprint density at radius 2 is 1.43 bits per heavy atom. The molecule has 0 atom stereocenters. The van der Waals surface area contributed by atoms with Crippen LogP contribution in [0.5, 0.6) is 5.75 Å². The highest BCUT2D eigenvalue weighted by Crippen LogP contribution is 2.26. The van der Waals surface area contributed by atoms with Crippen LogP contribution in [0, 0.1) is 29.3 Å². The molecule has 0 aliphatic heterocycles. The van der Waals surface area contributed by atoms with Gasteiger partial charge in [-0.05, 0) is 13.8 Å². The second-order valence-electron chi connectivity index (χ2n) is 2.88. The van der Waals surface area contributed by atoms with E-state index in [0.29, 0.717) is 0 Å². The standard InChI is InChI=1S/C9H7F4O/c1-4(2)14-9-7(12)5(10)3-6(11)8(9)13/h4H,1-2H3. The van der Waals surface area contributed by atoms with E-state index in [2.05, 4.69) is 4.74 Å². The molecule has 0 amide bonds.